The van der Waals surface area contributed by atoms with Crippen molar-refractivity contribution in [2.24, 2.45) is 0 Å². The Bertz CT molecular complexity index is 998. The number of benzene rings is 3. The minimum Gasteiger partial charge on any atom is -0.496 e. The van der Waals surface area contributed by atoms with Crippen molar-refractivity contribution < 1.29 is 23.7 Å². The van der Waals surface area contributed by atoms with Crippen LogP contribution >= 0.6 is 0 Å². The first-order valence-corrected chi connectivity index (χ1v) is 9.78. The second-order valence-electron chi connectivity index (χ2n) is 7.06. The van der Waals surface area contributed by atoms with Crippen LogP contribution in [0, 0.1) is 0 Å². The maximum absolute atomic E-state index is 6.30. The topological polar surface area (TPSA) is 46.2 Å². The lowest BCUT2D eigenvalue weighted by atomic mass is 9.94. The molecule has 1 aliphatic heterocycles. The van der Waals surface area contributed by atoms with Gasteiger partial charge in [-0.15, -0.1) is 0 Å². The smallest absolute Gasteiger partial charge is 0.188 e. The van der Waals surface area contributed by atoms with Crippen molar-refractivity contribution in [1.29, 1.82) is 0 Å². The maximum Gasteiger partial charge on any atom is 0.188 e. The summed E-state index contributed by atoms with van der Waals surface area (Å²) in [7, 11) is 4.95. The molecule has 3 aromatic rings. The highest BCUT2D eigenvalue weighted by Gasteiger charge is 2.27. The van der Waals surface area contributed by atoms with Gasteiger partial charge in [-0.3, -0.25) is 0 Å². The van der Waals surface area contributed by atoms with Crippen LogP contribution < -0.4 is 18.9 Å². The lowest BCUT2D eigenvalue weighted by molar-refractivity contribution is 0.0478. The highest BCUT2D eigenvalue weighted by atomic mass is 16.7. The van der Waals surface area contributed by atoms with Gasteiger partial charge in [-0.05, 0) is 24.5 Å². The molecule has 0 unspecified atom stereocenters. The van der Waals surface area contributed by atoms with Gasteiger partial charge in [0, 0.05) is 29.9 Å². The van der Waals surface area contributed by atoms with Crippen LogP contribution in [0.25, 0.3) is 10.8 Å². The first kappa shape index (κ1) is 19.4. The second-order valence-corrected chi connectivity index (χ2v) is 7.06. The summed E-state index contributed by atoms with van der Waals surface area (Å²) >= 11 is 0. The fourth-order valence-electron chi connectivity index (χ4n) is 4.05. The van der Waals surface area contributed by atoms with Crippen LogP contribution in [0.3, 0.4) is 0 Å². The van der Waals surface area contributed by atoms with Crippen molar-refractivity contribution in [2.75, 3.05) is 28.1 Å². The summed E-state index contributed by atoms with van der Waals surface area (Å²) in [6.45, 7) is 0.124. The van der Waals surface area contributed by atoms with Crippen LogP contribution in [-0.4, -0.2) is 34.2 Å². The monoisotopic (exact) mass is 394 g/mol. The molecule has 0 aromatic heterocycles. The van der Waals surface area contributed by atoms with Gasteiger partial charge in [-0.2, -0.15) is 0 Å². The molecule has 1 heterocycles. The van der Waals surface area contributed by atoms with Gasteiger partial charge in [0.1, 0.15) is 17.6 Å². The van der Waals surface area contributed by atoms with E-state index in [0.717, 1.165) is 40.7 Å². The predicted octanol–water partition coefficient (Wildman–Crippen LogP) is 4.78. The molecule has 1 atom stereocenters. The molecule has 0 radical (unpaired) electrons. The third-order valence-corrected chi connectivity index (χ3v) is 5.33. The van der Waals surface area contributed by atoms with Gasteiger partial charge in [0.05, 0.1) is 14.2 Å². The van der Waals surface area contributed by atoms with Crippen molar-refractivity contribution in [3.8, 4) is 23.0 Å². The van der Waals surface area contributed by atoms with Crippen LogP contribution in [0.2, 0.25) is 0 Å². The fourth-order valence-corrected chi connectivity index (χ4v) is 4.05. The molecule has 0 bridgehead atoms. The Kier molecular flexibility index (Phi) is 5.76. The number of fused-ring (bicyclic) bond motifs is 2. The van der Waals surface area contributed by atoms with Gasteiger partial charge in [0.2, 0.25) is 0 Å². The van der Waals surface area contributed by atoms with E-state index >= 15 is 0 Å². The SMILES string of the molecule is COCOc1c(C[C@@H]2CCc3ccccc3O2)c(OC)c2ccccc2c1OC. The van der Waals surface area contributed by atoms with Crippen molar-refractivity contribution in [3.63, 3.8) is 0 Å². The van der Waals surface area contributed by atoms with Crippen LogP contribution in [-0.2, 0) is 17.6 Å². The predicted molar refractivity (Wildman–Crippen MR) is 112 cm³/mol. The van der Waals surface area contributed by atoms with Crippen LogP contribution in [0.15, 0.2) is 48.5 Å². The molecule has 4 rings (SSSR count). The van der Waals surface area contributed by atoms with Crippen LogP contribution in [0.5, 0.6) is 23.0 Å². The molecule has 3 aromatic carbocycles. The second kappa shape index (κ2) is 8.62. The van der Waals surface area contributed by atoms with Gasteiger partial charge < -0.3 is 23.7 Å². The zero-order valence-electron chi connectivity index (χ0n) is 17.1. The Morgan fingerprint density at radius 1 is 0.862 bits per heavy atom. The Morgan fingerprint density at radius 3 is 2.28 bits per heavy atom. The van der Waals surface area contributed by atoms with Gasteiger partial charge in [0.15, 0.2) is 18.3 Å². The fraction of sp³-hybridized carbons (Fsp3) is 0.333. The van der Waals surface area contributed by atoms with Gasteiger partial charge in [-0.25, -0.2) is 0 Å². The minimum absolute atomic E-state index is 0.0227. The molecule has 0 aliphatic carbocycles. The molecule has 5 nitrogen and oxygen atoms in total. The molecular weight excluding hydrogens is 368 g/mol. The van der Waals surface area contributed by atoms with E-state index in [2.05, 4.69) is 12.1 Å². The molecule has 29 heavy (non-hydrogen) atoms. The van der Waals surface area contributed by atoms with Crippen molar-refractivity contribution in [2.45, 2.75) is 25.4 Å². The number of rotatable bonds is 7. The third kappa shape index (κ3) is 3.70. The van der Waals surface area contributed by atoms with Crippen LogP contribution in [0.1, 0.15) is 17.5 Å². The van der Waals surface area contributed by atoms with E-state index in [1.165, 1.54) is 5.56 Å². The molecule has 1 aliphatic rings. The van der Waals surface area contributed by atoms with E-state index in [1.807, 2.05) is 36.4 Å². The molecule has 0 N–H and O–H groups in total. The Hall–Kier alpha value is -2.92. The van der Waals surface area contributed by atoms with Gasteiger partial charge in [-0.1, -0.05) is 42.5 Å². The Balaban J connectivity index is 1.79. The van der Waals surface area contributed by atoms with Crippen LogP contribution in [0.4, 0.5) is 0 Å². The number of methoxy groups -OCH3 is 3. The Labute approximate surface area is 171 Å². The first-order chi connectivity index (χ1) is 14.3. The molecule has 0 fully saturated rings. The lowest BCUT2D eigenvalue weighted by Gasteiger charge is -2.28. The number of para-hydroxylation sites is 1. The molecular formula is C24H26O5. The number of aryl methyl sites for hydroxylation is 1. The Morgan fingerprint density at radius 2 is 1.55 bits per heavy atom. The highest BCUT2D eigenvalue weighted by Crippen LogP contribution is 2.47. The van der Waals surface area contributed by atoms with E-state index < -0.39 is 0 Å². The average Bonchev–Trinajstić information content (AvgIpc) is 2.77. The number of ether oxygens (including phenoxy) is 5. The van der Waals surface area contributed by atoms with E-state index in [0.29, 0.717) is 17.9 Å². The number of hydrogen-bond acceptors (Lipinski definition) is 5. The lowest BCUT2D eigenvalue weighted by Crippen LogP contribution is -2.25. The van der Waals surface area contributed by atoms with Gasteiger partial charge >= 0.3 is 0 Å². The number of hydrogen-bond donors (Lipinski definition) is 0. The molecule has 0 saturated heterocycles. The molecule has 152 valence electrons. The summed E-state index contributed by atoms with van der Waals surface area (Å²) in [5.41, 5.74) is 2.19. The average molecular weight is 394 g/mol. The first-order valence-electron chi connectivity index (χ1n) is 9.78. The summed E-state index contributed by atoms with van der Waals surface area (Å²) in [6.07, 6.45) is 2.59. The summed E-state index contributed by atoms with van der Waals surface area (Å²) in [4.78, 5) is 0. The molecule has 5 heteroatoms. The quantitative estimate of drug-likeness (QED) is 0.540. The zero-order chi connectivity index (χ0) is 20.2. The summed E-state index contributed by atoms with van der Waals surface area (Å²) in [5.74, 6) is 3.07. The van der Waals surface area contributed by atoms with E-state index in [-0.39, 0.29) is 12.9 Å². The standard InChI is InChI=1S/C24H26O5/c1-25-15-28-24-20(14-17-13-12-16-8-4-7-11-21(16)29-17)22(26-2)18-9-5-6-10-19(18)23(24)27-3/h4-11,17H,12-15H2,1-3H3/t17-/m0/s1. The van der Waals surface area contributed by atoms with E-state index in [4.69, 9.17) is 23.7 Å². The summed E-state index contributed by atoms with van der Waals surface area (Å²) in [6, 6.07) is 16.2. The summed E-state index contributed by atoms with van der Waals surface area (Å²) < 4.78 is 29.1. The van der Waals surface area contributed by atoms with Crippen molar-refractivity contribution in [3.05, 3.63) is 59.7 Å². The van der Waals surface area contributed by atoms with Crippen molar-refractivity contribution >= 4 is 10.8 Å². The molecule has 0 saturated carbocycles. The maximum atomic E-state index is 6.30. The molecule has 0 spiro atoms. The highest BCUT2D eigenvalue weighted by molar-refractivity contribution is 5.97. The largest absolute Gasteiger partial charge is 0.496 e. The van der Waals surface area contributed by atoms with E-state index in [1.54, 1.807) is 21.3 Å². The van der Waals surface area contributed by atoms with Gasteiger partial charge in [0.25, 0.3) is 0 Å². The molecule has 0 amide bonds. The van der Waals surface area contributed by atoms with E-state index in [9.17, 15) is 0 Å². The third-order valence-electron chi connectivity index (χ3n) is 5.33. The van der Waals surface area contributed by atoms with Crippen molar-refractivity contribution in [1.82, 2.24) is 0 Å². The summed E-state index contributed by atoms with van der Waals surface area (Å²) in [5, 5.41) is 1.93. The minimum atomic E-state index is 0.0227. The zero-order valence-corrected chi connectivity index (χ0v) is 17.1. The normalized spacial score (nSPS) is 15.5.